The van der Waals surface area contributed by atoms with E-state index in [0.29, 0.717) is 11.8 Å². The monoisotopic (exact) mass is 268 g/mol. The third kappa shape index (κ3) is 11.1. The molecule has 0 fully saturated rings. The third-order valence-electron chi connectivity index (χ3n) is 3.67. The highest BCUT2D eigenvalue weighted by atomic mass is 16.5. The van der Waals surface area contributed by atoms with Gasteiger partial charge in [-0.05, 0) is 23.8 Å². The molecule has 0 N–H and O–H groups in total. The smallest absolute Gasteiger partial charge is 0.0873 e. The fourth-order valence-corrected chi connectivity index (χ4v) is 2.41. The lowest BCUT2D eigenvalue weighted by Gasteiger charge is -2.15. The Balaban J connectivity index is 3.46. The summed E-state index contributed by atoms with van der Waals surface area (Å²) in [6.07, 6.45) is 12.9. The van der Waals surface area contributed by atoms with Crippen LogP contribution < -0.4 is 0 Å². The predicted octanol–water partition coefficient (Wildman–Crippen LogP) is 6.34. The maximum Gasteiger partial charge on any atom is 0.0873 e. The van der Waals surface area contributed by atoms with Crippen LogP contribution in [0.4, 0.5) is 0 Å². The first-order chi connectivity index (χ1) is 9.09. The highest BCUT2D eigenvalue weighted by Gasteiger charge is 2.07. The number of rotatable bonds is 12. The first-order valence-electron chi connectivity index (χ1n) is 8.41. The fraction of sp³-hybridized carbons (Fsp3) is 0.889. The van der Waals surface area contributed by atoms with Gasteiger partial charge >= 0.3 is 0 Å². The fourth-order valence-electron chi connectivity index (χ4n) is 2.41. The molecular formula is C18H36O. The van der Waals surface area contributed by atoms with Crippen LogP contribution in [0.25, 0.3) is 0 Å². The second-order valence-corrected chi connectivity index (χ2v) is 6.27. The molecule has 1 nitrogen and oxygen atoms in total. The quantitative estimate of drug-likeness (QED) is 0.296. The van der Waals surface area contributed by atoms with Crippen molar-refractivity contribution in [1.29, 1.82) is 0 Å². The second-order valence-electron chi connectivity index (χ2n) is 6.27. The molecule has 0 atom stereocenters. The van der Waals surface area contributed by atoms with Crippen molar-refractivity contribution in [3.8, 4) is 0 Å². The summed E-state index contributed by atoms with van der Waals surface area (Å²) in [5.74, 6) is 1.19. The summed E-state index contributed by atoms with van der Waals surface area (Å²) in [4.78, 5) is 0. The van der Waals surface area contributed by atoms with Gasteiger partial charge in [0.05, 0.1) is 12.9 Å². The van der Waals surface area contributed by atoms with Crippen LogP contribution in [0.1, 0.15) is 86.0 Å². The van der Waals surface area contributed by atoms with Crippen molar-refractivity contribution in [2.24, 2.45) is 11.8 Å². The molecule has 19 heavy (non-hydrogen) atoms. The molecule has 0 spiro atoms. The topological polar surface area (TPSA) is 9.23 Å². The number of ether oxygens (including phenoxy) is 1. The van der Waals surface area contributed by atoms with Crippen molar-refractivity contribution < 1.29 is 4.74 Å². The maximum absolute atomic E-state index is 5.70. The summed E-state index contributed by atoms with van der Waals surface area (Å²) in [6, 6.07) is 0. The van der Waals surface area contributed by atoms with E-state index in [-0.39, 0.29) is 0 Å². The van der Waals surface area contributed by atoms with Crippen LogP contribution in [-0.2, 0) is 4.74 Å². The molecular weight excluding hydrogens is 232 g/mol. The molecule has 0 aromatic carbocycles. The van der Waals surface area contributed by atoms with Gasteiger partial charge in [0.1, 0.15) is 0 Å². The Morgan fingerprint density at radius 1 is 0.789 bits per heavy atom. The summed E-state index contributed by atoms with van der Waals surface area (Å²) in [7, 11) is 0. The van der Waals surface area contributed by atoms with Gasteiger partial charge in [-0.2, -0.15) is 0 Å². The minimum atomic E-state index is 0.596. The molecule has 0 radical (unpaired) electrons. The van der Waals surface area contributed by atoms with Gasteiger partial charge in [-0.3, -0.25) is 0 Å². The van der Waals surface area contributed by atoms with E-state index in [1.165, 1.54) is 56.9 Å². The molecule has 0 aliphatic heterocycles. The lowest BCUT2D eigenvalue weighted by atomic mass is 9.94. The molecule has 0 aliphatic carbocycles. The van der Waals surface area contributed by atoms with Gasteiger partial charge in [0.25, 0.3) is 0 Å². The van der Waals surface area contributed by atoms with E-state index in [2.05, 4.69) is 34.6 Å². The Bertz CT molecular complexity index is 206. The molecule has 0 heterocycles. The molecule has 114 valence electrons. The normalized spacial score (nSPS) is 11.1. The molecule has 0 aromatic heterocycles. The van der Waals surface area contributed by atoms with E-state index in [0.717, 1.165) is 6.61 Å². The average Bonchev–Trinajstić information content (AvgIpc) is 2.35. The highest BCUT2D eigenvalue weighted by Crippen LogP contribution is 2.19. The van der Waals surface area contributed by atoms with E-state index in [4.69, 9.17) is 4.74 Å². The Morgan fingerprint density at radius 3 is 1.74 bits per heavy atom. The zero-order valence-corrected chi connectivity index (χ0v) is 14.0. The summed E-state index contributed by atoms with van der Waals surface area (Å²) in [6.45, 7) is 12.1. The lowest BCUT2D eigenvalue weighted by molar-refractivity contribution is 0.232. The van der Waals surface area contributed by atoms with Gasteiger partial charge in [-0.25, -0.2) is 0 Å². The second kappa shape index (κ2) is 12.6. The molecule has 0 aromatic rings. The molecule has 0 saturated carbocycles. The first kappa shape index (κ1) is 18.5. The Hall–Kier alpha value is -0.460. The zero-order valence-electron chi connectivity index (χ0n) is 14.0. The van der Waals surface area contributed by atoms with Crippen molar-refractivity contribution in [1.82, 2.24) is 0 Å². The van der Waals surface area contributed by atoms with Crippen molar-refractivity contribution in [2.75, 3.05) is 6.61 Å². The van der Waals surface area contributed by atoms with Crippen LogP contribution in [-0.4, -0.2) is 6.61 Å². The molecule has 0 saturated heterocycles. The summed E-state index contributed by atoms with van der Waals surface area (Å²) in [5.41, 5.74) is 1.43. The van der Waals surface area contributed by atoms with Gasteiger partial charge in [0, 0.05) is 0 Å². The Morgan fingerprint density at radius 2 is 1.26 bits per heavy atom. The van der Waals surface area contributed by atoms with Crippen molar-refractivity contribution in [2.45, 2.75) is 86.0 Å². The van der Waals surface area contributed by atoms with Crippen LogP contribution in [0.2, 0.25) is 0 Å². The maximum atomic E-state index is 5.70. The first-order valence-corrected chi connectivity index (χ1v) is 8.41. The minimum Gasteiger partial charge on any atom is -0.501 e. The van der Waals surface area contributed by atoms with Crippen LogP contribution in [0.15, 0.2) is 11.8 Å². The standard InChI is InChI=1S/C18H36O/c1-6-7-8-9-10-11-12-13-14-19-15-18(16(2)3)17(4)5/h15-17H,6-14H2,1-5H3. The van der Waals surface area contributed by atoms with E-state index >= 15 is 0 Å². The van der Waals surface area contributed by atoms with E-state index in [1.807, 2.05) is 6.26 Å². The van der Waals surface area contributed by atoms with E-state index < -0.39 is 0 Å². The number of allylic oxidation sites excluding steroid dienone is 1. The van der Waals surface area contributed by atoms with Crippen LogP contribution >= 0.6 is 0 Å². The van der Waals surface area contributed by atoms with E-state index in [1.54, 1.807) is 0 Å². The van der Waals surface area contributed by atoms with Crippen LogP contribution in [0.3, 0.4) is 0 Å². The molecule has 0 unspecified atom stereocenters. The molecule has 0 bridgehead atoms. The summed E-state index contributed by atoms with van der Waals surface area (Å²) in [5, 5.41) is 0. The van der Waals surface area contributed by atoms with Crippen molar-refractivity contribution >= 4 is 0 Å². The molecule has 0 aliphatic rings. The highest BCUT2D eigenvalue weighted by molar-refractivity contribution is 5.03. The minimum absolute atomic E-state index is 0.596. The summed E-state index contributed by atoms with van der Waals surface area (Å²) < 4.78 is 5.70. The predicted molar refractivity (Wildman–Crippen MR) is 86.3 cm³/mol. The van der Waals surface area contributed by atoms with Gasteiger partial charge in [-0.15, -0.1) is 0 Å². The number of hydrogen-bond acceptors (Lipinski definition) is 1. The molecule has 1 heteroatoms. The van der Waals surface area contributed by atoms with Crippen LogP contribution in [0, 0.1) is 11.8 Å². The zero-order chi connectivity index (χ0) is 14.5. The van der Waals surface area contributed by atoms with Crippen molar-refractivity contribution in [3.63, 3.8) is 0 Å². The Labute approximate surface area is 121 Å². The van der Waals surface area contributed by atoms with Gasteiger partial charge < -0.3 is 4.74 Å². The largest absolute Gasteiger partial charge is 0.501 e. The number of hydrogen-bond donors (Lipinski definition) is 0. The summed E-state index contributed by atoms with van der Waals surface area (Å²) >= 11 is 0. The van der Waals surface area contributed by atoms with Gasteiger partial charge in [0.2, 0.25) is 0 Å². The number of unbranched alkanes of at least 4 members (excludes halogenated alkanes) is 7. The van der Waals surface area contributed by atoms with Gasteiger partial charge in [0.15, 0.2) is 0 Å². The van der Waals surface area contributed by atoms with Gasteiger partial charge in [-0.1, -0.05) is 79.6 Å². The SMILES string of the molecule is CCCCCCCCCCOC=C(C(C)C)C(C)C. The lowest BCUT2D eigenvalue weighted by Crippen LogP contribution is -2.03. The van der Waals surface area contributed by atoms with Crippen LogP contribution in [0.5, 0.6) is 0 Å². The third-order valence-corrected chi connectivity index (χ3v) is 3.67. The molecule has 0 amide bonds. The Kier molecular flexibility index (Phi) is 12.3. The van der Waals surface area contributed by atoms with Crippen molar-refractivity contribution in [3.05, 3.63) is 11.8 Å². The van der Waals surface area contributed by atoms with E-state index in [9.17, 15) is 0 Å². The molecule has 0 rings (SSSR count). The average molecular weight is 268 g/mol.